The van der Waals surface area contributed by atoms with E-state index in [2.05, 4.69) is 15.0 Å². The molecule has 3 rings (SSSR count). The molecule has 0 saturated heterocycles. The van der Waals surface area contributed by atoms with Crippen molar-refractivity contribution in [1.29, 1.82) is 0 Å². The van der Waals surface area contributed by atoms with Crippen molar-refractivity contribution in [3.05, 3.63) is 59.7 Å². The first-order chi connectivity index (χ1) is 14.6. The molecular weight excluding hydrogens is 457 g/mol. The average Bonchev–Trinajstić information content (AvgIpc) is 3.16. The van der Waals surface area contributed by atoms with Gasteiger partial charge in [0.25, 0.3) is 0 Å². The predicted octanol–water partition coefficient (Wildman–Crippen LogP) is 4.76. The number of carbonyl (C=O) groups is 1. The number of hydrogen-bond acceptors (Lipinski definition) is 6. The fourth-order valence-corrected chi connectivity index (χ4v) is 5.83. The van der Waals surface area contributed by atoms with E-state index in [1.54, 1.807) is 45.0 Å². The Bertz CT molecular complexity index is 1140. The molecule has 0 aliphatic heterocycles. The molecule has 31 heavy (non-hydrogen) atoms. The van der Waals surface area contributed by atoms with Gasteiger partial charge in [-0.2, -0.15) is 0 Å². The summed E-state index contributed by atoms with van der Waals surface area (Å²) in [5, 5.41) is 4.23. The zero-order chi connectivity index (χ0) is 22.6. The van der Waals surface area contributed by atoms with E-state index in [9.17, 15) is 17.6 Å². The molecular formula is C21H22FN3O3S3. The van der Waals surface area contributed by atoms with E-state index >= 15 is 0 Å². The van der Waals surface area contributed by atoms with Crippen LogP contribution in [0.1, 0.15) is 20.8 Å². The van der Waals surface area contributed by atoms with Crippen LogP contribution in [-0.2, 0) is 14.8 Å². The second-order valence-electron chi connectivity index (χ2n) is 7.06. The second-order valence-corrected chi connectivity index (χ2v) is 11.2. The highest BCUT2D eigenvalue weighted by atomic mass is 32.2. The van der Waals surface area contributed by atoms with Crippen molar-refractivity contribution >= 4 is 44.7 Å². The summed E-state index contributed by atoms with van der Waals surface area (Å²) >= 11 is 2.73. The number of rotatable bonds is 8. The van der Waals surface area contributed by atoms with Crippen molar-refractivity contribution in [2.75, 3.05) is 5.32 Å². The largest absolute Gasteiger partial charge is 0.325 e. The van der Waals surface area contributed by atoms with Crippen LogP contribution in [0.2, 0.25) is 0 Å². The first-order valence-corrected chi connectivity index (χ1v) is 12.7. The predicted molar refractivity (Wildman–Crippen MR) is 123 cm³/mol. The first kappa shape index (κ1) is 23.4. The van der Waals surface area contributed by atoms with Gasteiger partial charge in [0.2, 0.25) is 15.9 Å². The fraction of sp³-hybridized carbons (Fsp3) is 0.238. The molecule has 0 fully saturated rings. The van der Waals surface area contributed by atoms with Gasteiger partial charge < -0.3 is 5.32 Å². The van der Waals surface area contributed by atoms with E-state index in [-0.39, 0.29) is 22.7 Å². The standard InChI is InChI=1S/C21H22FN3O3S3/c1-13(2)25-31(27,28)18-10-8-17(9-11-18)23-20(26)14(3)30-21-24-19(12-29-21)15-4-6-16(22)7-5-15/h4-14,25H,1-3H3,(H,23,26)/t14-/m1/s1. The van der Waals surface area contributed by atoms with Gasteiger partial charge in [0.15, 0.2) is 4.34 Å². The normalized spacial score (nSPS) is 12.7. The highest BCUT2D eigenvalue weighted by molar-refractivity contribution is 8.02. The Balaban J connectivity index is 1.60. The van der Waals surface area contributed by atoms with Crippen molar-refractivity contribution in [3.63, 3.8) is 0 Å². The Morgan fingerprint density at radius 3 is 2.32 bits per heavy atom. The number of carbonyl (C=O) groups excluding carboxylic acids is 1. The number of aromatic nitrogens is 1. The van der Waals surface area contributed by atoms with Crippen LogP contribution in [0.4, 0.5) is 10.1 Å². The van der Waals surface area contributed by atoms with Crippen LogP contribution >= 0.6 is 23.1 Å². The lowest BCUT2D eigenvalue weighted by Gasteiger charge is -2.12. The lowest BCUT2D eigenvalue weighted by molar-refractivity contribution is -0.115. The van der Waals surface area contributed by atoms with Crippen LogP contribution in [0.3, 0.4) is 0 Å². The number of amides is 1. The minimum atomic E-state index is -3.58. The quantitative estimate of drug-likeness (QED) is 0.455. The van der Waals surface area contributed by atoms with E-state index < -0.39 is 15.3 Å². The van der Waals surface area contributed by atoms with Gasteiger partial charge in [-0.15, -0.1) is 11.3 Å². The molecule has 1 atom stereocenters. The number of thioether (sulfide) groups is 1. The van der Waals surface area contributed by atoms with E-state index in [0.29, 0.717) is 5.69 Å². The number of thiazole rings is 1. The van der Waals surface area contributed by atoms with Crippen molar-refractivity contribution in [2.24, 2.45) is 0 Å². The molecule has 164 valence electrons. The third kappa shape index (κ3) is 6.36. The van der Waals surface area contributed by atoms with Gasteiger partial charge in [-0.3, -0.25) is 4.79 Å². The van der Waals surface area contributed by atoms with Crippen LogP contribution in [0.5, 0.6) is 0 Å². The van der Waals surface area contributed by atoms with Gasteiger partial charge in [0.1, 0.15) is 5.82 Å². The second kappa shape index (κ2) is 9.90. The molecule has 6 nitrogen and oxygen atoms in total. The van der Waals surface area contributed by atoms with Gasteiger partial charge in [-0.05, 0) is 69.3 Å². The van der Waals surface area contributed by atoms with Crippen LogP contribution < -0.4 is 10.0 Å². The van der Waals surface area contributed by atoms with Crippen molar-refractivity contribution in [1.82, 2.24) is 9.71 Å². The summed E-state index contributed by atoms with van der Waals surface area (Å²) in [7, 11) is -3.58. The van der Waals surface area contributed by atoms with Crippen LogP contribution in [0.25, 0.3) is 11.3 Å². The summed E-state index contributed by atoms with van der Waals surface area (Å²) in [6, 6.07) is 11.9. The molecule has 2 aromatic carbocycles. The van der Waals surface area contributed by atoms with Crippen molar-refractivity contribution in [2.45, 2.75) is 41.3 Å². The van der Waals surface area contributed by atoms with Gasteiger partial charge >= 0.3 is 0 Å². The van der Waals surface area contributed by atoms with Gasteiger partial charge in [0, 0.05) is 22.7 Å². The molecule has 0 aliphatic rings. The van der Waals surface area contributed by atoms with Gasteiger partial charge in [-0.25, -0.2) is 22.5 Å². The monoisotopic (exact) mass is 479 g/mol. The van der Waals surface area contributed by atoms with E-state index in [1.165, 1.54) is 47.4 Å². The number of halogens is 1. The minimum absolute atomic E-state index is 0.137. The van der Waals surface area contributed by atoms with E-state index in [1.807, 2.05) is 5.38 Å². The van der Waals surface area contributed by atoms with Crippen LogP contribution in [-0.4, -0.2) is 30.6 Å². The minimum Gasteiger partial charge on any atom is -0.325 e. The molecule has 0 spiro atoms. The highest BCUT2D eigenvalue weighted by Crippen LogP contribution is 2.31. The smallest absolute Gasteiger partial charge is 0.240 e. The Kier molecular flexibility index (Phi) is 7.47. The van der Waals surface area contributed by atoms with Gasteiger partial charge in [-0.1, -0.05) is 11.8 Å². The summed E-state index contributed by atoms with van der Waals surface area (Å²) in [5.41, 5.74) is 2.04. The number of nitrogens with one attached hydrogen (secondary N) is 2. The van der Waals surface area contributed by atoms with Crippen LogP contribution in [0, 0.1) is 5.82 Å². The number of sulfonamides is 1. The fourth-order valence-electron chi connectivity index (χ4n) is 2.61. The first-order valence-electron chi connectivity index (χ1n) is 9.45. The third-order valence-corrected chi connectivity index (χ3v) is 7.84. The Morgan fingerprint density at radius 1 is 1.06 bits per heavy atom. The molecule has 0 unspecified atom stereocenters. The highest BCUT2D eigenvalue weighted by Gasteiger charge is 2.18. The number of benzene rings is 2. The lowest BCUT2D eigenvalue weighted by Crippen LogP contribution is -2.30. The summed E-state index contributed by atoms with van der Waals surface area (Å²) in [6.45, 7) is 5.26. The molecule has 0 bridgehead atoms. The van der Waals surface area contributed by atoms with Crippen molar-refractivity contribution < 1.29 is 17.6 Å². The zero-order valence-corrected chi connectivity index (χ0v) is 19.6. The Hall–Kier alpha value is -2.27. The lowest BCUT2D eigenvalue weighted by atomic mass is 10.2. The summed E-state index contributed by atoms with van der Waals surface area (Å²) < 4.78 is 40.7. The molecule has 1 aromatic heterocycles. The molecule has 0 aliphatic carbocycles. The maximum atomic E-state index is 13.1. The molecule has 0 saturated carbocycles. The molecule has 1 amide bonds. The molecule has 10 heteroatoms. The number of anilines is 1. The Morgan fingerprint density at radius 2 is 1.71 bits per heavy atom. The maximum absolute atomic E-state index is 13.1. The summed E-state index contributed by atoms with van der Waals surface area (Å²) in [4.78, 5) is 17.2. The Labute approximate surface area is 189 Å². The number of hydrogen-bond donors (Lipinski definition) is 2. The maximum Gasteiger partial charge on any atom is 0.240 e. The summed E-state index contributed by atoms with van der Waals surface area (Å²) in [6.07, 6.45) is 0. The van der Waals surface area contributed by atoms with E-state index in [0.717, 1.165) is 15.6 Å². The molecule has 1 heterocycles. The average molecular weight is 480 g/mol. The topological polar surface area (TPSA) is 88.2 Å². The molecule has 3 aromatic rings. The molecule has 0 radical (unpaired) electrons. The zero-order valence-electron chi connectivity index (χ0n) is 17.1. The van der Waals surface area contributed by atoms with E-state index in [4.69, 9.17) is 0 Å². The third-order valence-electron chi connectivity index (χ3n) is 4.09. The number of nitrogens with zero attached hydrogens (tertiary/aromatic N) is 1. The SMILES string of the molecule is CC(C)NS(=O)(=O)c1ccc(NC(=O)[C@@H](C)Sc2nc(-c3ccc(F)cc3)cs2)cc1. The molecule has 2 N–H and O–H groups in total. The summed E-state index contributed by atoms with van der Waals surface area (Å²) in [5.74, 6) is -0.528. The van der Waals surface area contributed by atoms with Gasteiger partial charge in [0.05, 0.1) is 15.8 Å². The van der Waals surface area contributed by atoms with Crippen molar-refractivity contribution in [3.8, 4) is 11.3 Å². The van der Waals surface area contributed by atoms with Crippen LogP contribution in [0.15, 0.2) is 63.1 Å².